The van der Waals surface area contributed by atoms with Gasteiger partial charge in [0, 0.05) is 12.1 Å². The molecule has 0 bridgehead atoms. The highest BCUT2D eigenvalue weighted by Gasteiger charge is 2.22. The van der Waals surface area contributed by atoms with Gasteiger partial charge in [-0.1, -0.05) is 6.92 Å². The van der Waals surface area contributed by atoms with Crippen molar-refractivity contribution < 1.29 is 22.3 Å². The minimum absolute atomic E-state index is 0.360. The Balaban J connectivity index is 3.05. The van der Waals surface area contributed by atoms with Crippen molar-refractivity contribution in [2.24, 2.45) is 0 Å². The molecule has 0 aliphatic rings. The van der Waals surface area contributed by atoms with Gasteiger partial charge in [-0.25, -0.2) is 21.9 Å². The Labute approximate surface area is 98.3 Å². The highest BCUT2D eigenvalue weighted by atomic mass is 32.2. The molecule has 1 atom stereocenters. The lowest BCUT2D eigenvalue weighted by Gasteiger charge is -2.14. The Morgan fingerprint density at radius 2 is 2.06 bits per heavy atom. The fraction of sp³-hybridized carbons (Fsp3) is 0.400. The molecular weight excluding hydrogens is 252 g/mol. The van der Waals surface area contributed by atoms with E-state index in [1.54, 1.807) is 6.92 Å². The van der Waals surface area contributed by atoms with Crippen LogP contribution in [-0.4, -0.2) is 26.2 Å². The van der Waals surface area contributed by atoms with E-state index in [0.717, 1.165) is 12.1 Å². The van der Waals surface area contributed by atoms with Gasteiger partial charge in [0.2, 0.25) is 10.0 Å². The van der Waals surface area contributed by atoms with Gasteiger partial charge in [0.1, 0.15) is 16.5 Å². The first-order valence-corrected chi connectivity index (χ1v) is 6.47. The van der Waals surface area contributed by atoms with Gasteiger partial charge >= 0.3 is 0 Å². The van der Waals surface area contributed by atoms with Crippen molar-refractivity contribution in [3.63, 3.8) is 0 Å². The van der Waals surface area contributed by atoms with E-state index in [2.05, 4.69) is 4.72 Å². The molecule has 4 nitrogen and oxygen atoms in total. The number of halogens is 2. The van der Waals surface area contributed by atoms with Crippen molar-refractivity contribution in [3.8, 4) is 0 Å². The van der Waals surface area contributed by atoms with E-state index in [9.17, 15) is 17.2 Å². The predicted octanol–water partition coefficient (Wildman–Crippen LogP) is 1.01. The summed E-state index contributed by atoms with van der Waals surface area (Å²) in [7, 11) is -4.08. The second kappa shape index (κ2) is 5.52. The van der Waals surface area contributed by atoms with E-state index in [0.29, 0.717) is 12.5 Å². The van der Waals surface area contributed by atoms with Crippen molar-refractivity contribution in [3.05, 3.63) is 29.8 Å². The molecule has 2 N–H and O–H groups in total. The summed E-state index contributed by atoms with van der Waals surface area (Å²) < 4.78 is 51.5. The quantitative estimate of drug-likeness (QED) is 0.835. The molecule has 0 spiro atoms. The predicted molar refractivity (Wildman–Crippen MR) is 57.8 cm³/mol. The van der Waals surface area contributed by atoms with Gasteiger partial charge in [-0.3, -0.25) is 0 Å². The molecule has 0 aromatic heterocycles. The minimum atomic E-state index is -4.08. The summed E-state index contributed by atoms with van der Waals surface area (Å²) in [4.78, 5) is -0.634. The maximum atomic E-state index is 13.3. The Kier molecular flexibility index (Phi) is 4.55. The van der Waals surface area contributed by atoms with Crippen LogP contribution in [0.15, 0.2) is 23.1 Å². The van der Waals surface area contributed by atoms with Crippen molar-refractivity contribution in [1.29, 1.82) is 0 Å². The molecule has 1 unspecified atom stereocenters. The molecule has 7 heteroatoms. The highest BCUT2D eigenvalue weighted by molar-refractivity contribution is 7.89. The molecule has 17 heavy (non-hydrogen) atoms. The van der Waals surface area contributed by atoms with E-state index in [-0.39, 0.29) is 0 Å². The summed E-state index contributed by atoms with van der Waals surface area (Å²) in [5, 5.41) is 8.87. The highest BCUT2D eigenvalue weighted by Crippen LogP contribution is 2.15. The van der Waals surface area contributed by atoms with Crippen molar-refractivity contribution >= 4 is 10.0 Å². The fourth-order valence-electron chi connectivity index (χ4n) is 1.23. The first-order valence-electron chi connectivity index (χ1n) is 4.99. The molecule has 0 aliphatic heterocycles. The van der Waals surface area contributed by atoms with Gasteiger partial charge in [-0.2, -0.15) is 0 Å². The molecule has 96 valence electrons. The summed E-state index contributed by atoms with van der Waals surface area (Å²) in [5.74, 6) is -2.01. The van der Waals surface area contributed by atoms with E-state index in [1.165, 1.54) is 0 Å². The van der Waals surface area contributed by atoms with Crippen LogP contribution in [-0.2, 0) is 10.0 Å². The van der Waals surface area contributed by atoms with Crippen LogP contribution in [0.5, 0.6) is 0 Å². The Bertz CT molecular complexity index is 486. The zero-order valence-corrected chi connectivity index (χ0v) is 9.97. The van der Waals surface area contributed by atoms with E-state index >= 15 is 0 Å². The Morgan fingerprint density at radius 1 is 1.41 bits per heavy atom. The summed E-state index contributed by atoms with van der Waals surface area (Å²) in [6.45, 7) is 1.28. The van der Waals surface area contributed by atoms with Crippen molar-refractivity contribution in [2.45, 2.75) is 24.3 Å². The van der Waals surface area contributed by atoms with Crippen LogP contribution < -0.4 is 4.72 Å². The number of hydrogen-bond acceptors (Lipinski definition) is 3. The Hall–Kier alpha value is -1.05. The number of rotatable bonds is 5. The summed E-state index contributed by atoms with van der Waals surface area (Å²) in [5.41, 5.74) is 0. The second-order valence-electron chi connectivity index (χ2n) is 3.48. The molecule has 0 amide bonds. The smallest absolute Gasteiger partial charge is 0.243 e. The fourth-order valence-corrected chi connectivity index (χ4v) is 2.60. The minimum Gasteiger partial charge on any atom is -0.395 e. The topological polar surface area (TPSA) is 66.4 Å². The van der Waals surface area contributed by atoms with Crippen LogP contribution in [0.4, 0.5) is 8.78 Å². The lowest BCUT2D eigenvalue weighted by Crippen LogP contribution is -2.37. The van der Waals surface area contributed by atoms with E-state index in [4.69, 9.17) is 5.11 Å². The van der Waals surface area contributed by atoms with E-state index in [1.807, 2.05) is 0 Å². The summed E-state index contributed by atoms with van der Waals surface area (Å²) in [6.07, 6.45) is 0.360. The number of hydrogen-bond donors (Lipinski definition) is 2. The zero-order valence-electron chi connectivity index (χ0n) is 9.15. The zero-order chi connectivity index (χ0) is 13.1. The third-order valence-corrected chi connectivity index (χ3v) is 3.77. The molecule has 0 radical (unpaired) electrons. The maximum absolute atomic E-state index is 13.3. The number of nitrogens with one attached hydrogen (secondary N) is 1. The van der Waals surface area contributed by atoms with Gasteiger partial charge in [0.05, 0.1) is 6.61 Å². The van der Waals surface area contributed by atoms with Crippen LogP contribution in [0.25, 0.3) is 0 Å². The van der Waals surface area contributed by atoms with Crippen LogP contribution in [0, 0.1) is 11.6 Å². The SMILES string of the molecule is CCC(CO)NS(=O)(=O)c1ccc(F)cc1F. The molecular formula is C10H13F2NO3S. The number of aliphatic hydroxyl groups is 1. The molecule has 1 aromatic carbocycles. The average Bonchev–Trinajstić information content (AvgIpc) is 2.25. The van der Waals surface area contributed by atoms with Gasteiger partial charge in [0.15, 0.2) is 0 Å². The average molecular weight is 265 g/mol. The second-order valence-corrected chi connectivity index (χ2v) is 5.17. The van der Waals surface area contributed by atoms with Crippen molar-refractivity contribution in [2.75, 3.05) is 6.61 Å². The van der Waals surface area contributed by atoms with Crippen LogP contribution >= 0.6 is 0 Å². The monoisotopic (exact) mass is 265 g/mol. The normalized spacial score (nSPS) is 13.6. The van der Waals surface area contributed by atoms with E-state index < -0.39 is 39.2 Å². The number of aliphatic hydroxyl groups excluding tert-OH is 1. The van der Waals surface area contributed by atoms with Gasteiger partial charge in [-0.05, 0) is 18.6 Å². The molecule has 0 heterocycles. The number of benzene rings is 1. The third kappa shape index (κ3) is 3.45. The molecule has 0 aliphatic carbocycles. The molecule has 0 saturated carbocycles. The van der Waals surface area contributed by atoms with Crippen LogP contribution in [0.1, 0.15) is 13.3 Å². The molecule has 0 fully saturated rings. The Morgan fingerprint density at radius 3 is 2.53 bits per heavy atom. The van der Waals surface area contributed by atoms with Gasteiger partial charge in [-0.15, -0.1) is 0 Å². The standard InChI is InChI=1S/C10H13F2NO3S/c1-2-8(6-14)13-17(15,16)10-4-3-7(11)5-9(10)12/h3-5,8,13-14H,2,6H2,1H3. The lowest BCUT2D eigenvalue weighted by atomic mass is 10.3. The number of sulfonamides is 1. The van der Waals surface area contributed by atoms with Gasteiger partial charge in [0.25, 0.3) is 0 Å². The van der Waals surface area contributed by atoms with Crippen molar-refractivity contribution in [1.82, 2.24) is 4.72 Å². The van der Waals surface area contributed by atoms with Gasteiger partial charge < -0.3 is 5.11 Å². The lowest BCUT2D eigenvalue weighted by molar-refractivity contribution is 0.253. The molecule has 0 saturated heterocycles. The first-order chi connectivity index (χ1) is 7.90. The summed E-state index contributed by atoms with van der Waals surface area (Å²) in [6, 6.07) is 1.51. The largest absolute Gasteiger partial charge is 0.395 e. The molecule has 1 rings (SSSR count). The van der Waals surface area contributed by atoms with Crippen LogP contribution in [0.2, 0.25) is 0 Å². The third-order valence-electron chi connectivity index (χ3n) is 2.22. The first kappa shape index (κ1) is 14.0. The van der Waals surface area contributed by atoms with Crippen LogP contribution in [0.3, 0.4) is 0 Å². The summed E-state index contributed by atoms with van der Waals surface area (Å²) >= 11 is 0. The maximum Gasteiger partial charge on any atom is 0.243 e. The molecule has 1 aromatic rings.